The van der Waals surface area contributed by atoms with Gasteiger partial charge >= 0.3 is 0 Å². The molecule has 2 N–H and O–H groups in total. The first-order valence-corrected chi connectivity index (χ1v) is 6.81. The summed E-state index contributed by atoms with van der Waals surface area (Å²) in [4.78, 5) is 25.7. The molecule has 2 aromatic rings. The second-order valence-corrected chi connectivity index (χ2v) is 5.06. The minimum Gasteiger partial charge on any atom is -0.345 e. The van der Waals surface area contributed by atoms with Crippen molar-refractivity contribution in [3.63, 3.8) is 0 Å². The number of hydrogen-bond acceptors (Lipinski definition) is 2. The highest BCUT2D eigenvalue weighted by atomic mass is 16.2. The van der Waals surface area contributed by atoms with Crippen LogP contribution in [0.25, 0.3) is 0 Å². The Hall–Kier alpha value is -2.36. The number of aromatic amines is 1. The number of carbonyl (C=O) groups excluding carboxylic acids is 1. The molecule has 1 atom stereocenters. The molecule has 0 aliphatic heterocycles. The van der Waals surface area contributed by atoms with Crippen molar-refractivity contribution < 1.29 is 4.79 Å². The third-order valence-electron chi connectivity index (χ3n) is 3.72. The van der Waals surface area contributed by atoms with E-state index in [1.807, 2.05) is 12.1 Å². The van der Waals surface area contributed by atoms with E-state index in [9.17, 15) is 9.59 Å². The largest absolute Gasteiger partial charge is 0.345 e. The number of amides is 1. The fourth-order valence-corrected chi connectivity index (χ4v) is 2.70. The second-order valence-electron chi connectivity index (χ2n) is 5.06. The minimum absolute atomic E-state index is 0.0550. The standard InChI is InChI=1S/C16H16N2O2/c19-15-9-8-12(10-17-15)16(20)18-14-7-3-5-11-4-1-2-6-13(11)14/h1-2,4,6,8-10,14H,3,5,7H2,(H,17,19)(H,18,20)/t14-/m0/s1. The zero-order valence-electron chi connectivity index (χ0n) is 11.1. The van der Waals surface area contributed by atoms with E-state index in [1.165, 1.54) is 23.4 Å². The Morgan fingerprint density at radius 2 is 2.05 bits per heavy atom. The molecule has 1 aromatic carbocycles. The Morgan fingerprint density at radius 3 is 2.85 bits per heavy atom. The van der Waals surface area contributed by atoms with Crippen LogP contribution in [0.1, 0.15) is 40.4 Å². The maximum absolute atomic E-state index is 12.2. The van der Waals surface area contributed by atoms with Crippen molar-refractivity contribution in [3.8, 4) is 0 Å². The second kappa shape index (κ2) is 5.33. The third kappa shape index (κ3) is 2.50. The number of carbonyl (C=O) groups is 1. The molecule has 0 saturated carbocycles. The monoisotopic (exact) mass is 268 g/mol. The predicted molar refractivity (Wildman–Crippen MR) is 76.6 cm³/mol. The molecule has 20 heavy (non-hydrogen) atoms. The van der Waals surface area contributed by atoms with Crippen LogP contribution in [0.2, 0.25) is 0 Å². The fourth-order valence-electron chi connectivity index (χ4n) is 2.70. The molecule has 1 aliphatic rings. The van der Waals surface area contributed by atoms with Gasteiger partial charge in [-0.1, -0.05) is 24.3 Å². The Kier molecular flexibility index (Phi) is 3.37. The quantitative estimate of drug-likeness (QED) is 0.877. The molecule has 1 aliphatic carbocycles. The molecule has 0 radical (unpaired) electrons. The number of rotatable bonds is 2. The van der Waals surface area contributed by atoms with Crippen LogP contribution in [0.3, 0.4) is 0 Å². The van der Waals surface area contributed by atoms with Crippen molar-refractivity contribution in [1.29, 1.82) is 0 Å². The van der Waals surface area contributed by atoms with Crippen LogP contribution in [0.4, 0.5) is 0 Å². The first-order chi connectivity index (χ1) is 9.74. The molecule has 1 aromatic heterocycles. The number of nitrogens with one attached hydrogen (secondary N) is 2. The Bertz CT molecular complexity index is 670. The molecule has 4 nitrogen and oxygen atoms in total. The molecular formula is C16H16N2O2. The summed E-state index contributed by atoms with van der Waals surface area (Å²) in [5.41, 5.74) is 2.79. The van der Waals surface area contributed by atoms with Crippen molar-refractivity contribution in [2.45, 2.75) is 25.3 Å². The summed E-state index contributed by atoms with van der Waals surface area (Å²) in [6.07, 6.45) is 4.55. The Labute approximate surface area is 116 Å². The van der Waals surface area contributed by atoms with Crippen molar-refractivity contribution in [1.82, 2.24) is 10.3 Å². The van der Waals surface area contributed by atoms with E-state index in [-0.39, 0.29) is 17.5 Å². The van der Waals surface area contributed by atoms with E-state index < -0.39 is 0 Å². The van der Waals surface area contributed by atoms with E-state index in [1.54, 1.807) is 6.07 Å². The van der Waals surface area contributed by atoms with Gasteiger partial charge in [0.05, 0.1) is 11.6 Å². The topological polar surface area (TPSA) is 62.0 Å². The number of hydrogen-bond donors (Lipinski definition) is 2. The first-order valence-electron chi connectivity index (χ1n) is 6.81. The molecule has 0 fully saturated rings. The lowest BCUT2D eigenvalue weighted by atomic mass is 9.87. The highest BCUT2D eigenvalue weighted by Crippen LogP contribution is 2.29. The summed E-state index contributed by atoms with van der Waals surface area (Å²) in [6.45, 7) is 0. The average molecular weight is 268 g/mol. The lowest BCUT2D eigenvalue weighted by molar-refractivity contribution is 0.0932. The summed E-state index contributed by atoms with van der Waals surface area (Å²) in [5.74, 6) is -0.150. The van der Waals surface area contributed by atoms with Gasteiger partial charge < -0.3 is 10.3 Å². The molecule has 0 spiro atoms. The van der Waals surface area contributed by atoms with Crippen LogP contribution in [0.15, 0.2) is 47.4 Å². The number of fused-ring (bicyclic) bond motifs is 1. The zero-order valence-corrected chi connectivity index (χ0v) is 11.1. The van der Waals surface area contributed by atoms with E-state index >= 15 is 0 Å². The van der Waals surface area contributed by atoms with Gasteiger partial charge in [-0.3, -0.25) is 9.59 Å². The fraction of sp³-hybridized carbons (Fsp3) is 0.250. The lowest BCUT2D eigenvalue weighted by Gasteiger charge is -2.26. The maximum Gasteiger partial charge on any atom is 0.253 e. The van der Waals surface area contributed by atoms with Crippen molar-refractivity contribution >= 4 is 5.91 Å². The number of H-pyrrole nitrogens is 1. The smallest absolute Gasteiger partial charge is 0.253 e. The van der Waals surface area contributed by atoms with E-state index in [4.69, 9.17) is 0 Å². The summed E-state index contributed by atoms with van der Waals surface area (Å²) in [7, 11) is 0. The normalized spacial score (nSPS) is 17.3. The van der Waals surface area contributed by atoms with Gasteiger partial charge in [0.1, 0.15) is 0 Å². The number of aryl methyl sites for hydroxylation is 1. The van der Waals surface area contributed by atoms with E-state index in [2.05, 4.69) is 22.4 Å². The van der Waals surface area contributed by atoms with Crippen LogP contribution in [0.5, 0.6) is 0 Å². The van der Waals surface area contributed by atoms with Crippen LogP contribution in [0, 0.1) is 0 Å². The molecule has 3 rings (SSSR count). The molecular weight excluding hydrogens is 252 g/mol. The van der Waals surface area contributed by atoms with Gasteiger partial charge in [-0.15, -0.1) is 0 Å². The summed E-state index contributed by atoms with van der Waals surface area (Å²) < 4.78 is 0. The molecule has 4 heteroatoms. The number of pyridine rings is 1. The van der Waals surface area contributed by atoms with E-state index in [0.29, 0.717) is 5.56 Å². The van der Waals surface area contributed by atoms with Gasteiger partial charge in [-0.2, -0.15) is 0 Å². The van der Waals surface area contributed by atoms with Gasteiger partial charge in [0, 0.05) is 12.3 Å². The van der Waals surface area contributed by atoms with Crippen molar-refractivity contribution in [3.05, 3.63) is 69.6 Å². The molecule has 0 unspecified atom stereocenters. The average Bonchev–Trinajstić information content (AvgIpc) is 2.48. The third-order valence-corrected chi connectivity index (χ3v) is 3.72. The van der Waals surface area contributed by atoms with Crippen LogP contribution < -0.4 is 10.9 Å². The minimum atomic E-state index is -0.204. The first kappa shape index (κ1) is 12.7. The molecule has 102 valence electrons. The Balaban J connectivity index is 1.80. The van der Waals surface area contributed by atoms with E-state index in [0.717, 1.165) is 19.3 Å². The van der Waals surface area contributed by atoms with Gasteiger partial charge in [-0.25, -0.2) is 0 Å². The molecule has 1 heterocycles. The highest BCUT2D eigenvalue weighted by molar-refractivity contribution is 5.94. The molecule has 1 amide bonds. The van der Waals surface area contributed by atoms with Gasteiger partial charge in [0.25, 0.3) is 5.91 Å². The van der Waals surface area contributed by atoms with Crippen molar-refractivity contribution in [2.24, 2.45) is 0 Å². The summed E-state index contributed by atoms with van der Waals surface area (Å²) >= 11 is 0. The lowest BCUT2D eigenvalue weighted by Crippen LogP contribution is -2.31. The number of aromatic nitrogens is 1. The molecule has 0 bridgehead atoms. The summed E-state index contributed by atoms with van der Waals surface area (Å²) in [6, 6.07) is 11.2. The van der Waals surface area contributed by atoms with Crippen LogP contribution in [-0.4, -0.2) is 10.9 Å². The summed E-state index contributed by atoms with van der Waals surface area (Å²) in [5, 5.41) is 3.05. The van der Waals surface area contributed by atoms with Gasteiger partial charge in [-0.05, 0) is 36.5 Å². The SMILES string of the molecule is O=C(N[C@H]1CCCc2ccccc21)c1ccc(=O)[nH]c1. The maximum atomic E-state index is 12.2. The zero-order chi connectivity index (χ0) is 13.9. The molecule has 0 saturated heterocycles. The number of benzene rings is 1. The highest BCUT2D eigenvalue weighted by Gasteiger charge is 2.21. The van der Waals surface area contributed by atoms with Gasteiger partial charge in [0.15, 0.2) is 0 Å². The predicted octanol–water partition coefficient (Wildman–Crippen LogP) is 2.18. The van der Waals surface area contributed by atoms with Gasteiger partial charge in [0.2, 0.25) is 5.56 Å². The Morgan fingerprint density at radius 1 is 1.20 bits per heavy atom. The van der Waals surface area contributed by atoms with Crippen LogP contribution in [-0.2, 0) is 6.42 Å². The van der Waals surface area contributed by atoms with Crippen molar-refractivity contribution in [2.75, 3.05) is 0 Å². The van der Waals surface area contributed by atoms with Crippen LogP contribution >= 0.6 is 0 Å².